The van der Waals surface area contributed by atoms with E-state index in [0.717, 1.165) is 50.1 Å². The molecule has 55 heavy (non-hydrogen) atoms. The van der Waals surface area contributed by atoms with Gasteiger partial charge in [0.15, 0.2) is 0 Å². The molecular weight excluding hydrogens is 687 g/mol. The van der Waals surface area contributed by atoms with Crippen LogP contribution in [0.15, 0.2) is 205 Å². The molecule has 258 valence electrons. The Morgan fingerprint density at radius 3 is 1.87 bits per heavy atom. The van der Waals surface area contributed by atoms with Gasteiger partial charge >= 0.3 is 0 Å². The lowest BCUT2D eigenvalue weighted by Crippen LogP contribution is -2.10. The van der Waals surface area contributed by atoms with Gasteiger partial charge in [0.25, 0.3) is 0 Å². The second-order valence-corrected chi connectivity index (χ2v) is 15.2. The summed E-state index contributed by atoms with van der Waals surface area (Å²) in [7, 11) is 0. The van der Waals surface area contributed by atoms with Crippen LogP contribution >= 0.6 is 11.3 Å². The normalized spacial score (nSPS) is 11.6. The van der Waals surface area contributed by atoms with Gasteiger partial charge < -0.3 is 9.32 Å². The third-order valence-corrected chi connectivity index (χ3v) is 12.0. The first-order chi connectivity index (χ1) is 27.3. The molecule has 3 heteroatoms. The molecule has 0 fully saturated rings. The molecule has 2 aromatic heterocycles. The predicted octanol–water partition coefficient (Wildman–Crippen LogP) is 15.6. The van der Waals surface area contributed by atoms with Crippen LogP contribution in [-0.4, -0.2) is 0 Å². The maximum atomic E-state index is 6.74. The van der Waals surface area contributed by atoms with Gasteiger partial charge in [-0.2, -0.15) is 0 Å². The topological polar surface area (TPSA) is 16.4 Å². The molecule has 0 saturated carbocycles. The van der Waals surface area contributed by atoms with Crippen LogP contribution in [0.5, 0.6) is 0 Å². The second-order valence-electron chi connectivity index (χ2n) is 14.1. The lowest BCUT2D eigenvalue weighted by Gasteiger charge is -2.27. The van der Waals surface area contributed by atoms with Gasteiger partial charge in [-0.3, -0.25) is 0 Å². The lowest BCUT2D eigenvalue weighted by atomic mass is 9.94. The molecule has 11 rings (SSSR count). The molecule has 0 N–H and O–H groups in total. The van der Waals surface area contributed by atoms with E-state index < -0.39 is 0 Å². The minimum atomic E-state index is 0.878. The van der Waals surface area contributed by atoms with Crippen molar-refractivity contribution in [2.24, 2.45) is 0 Å². The summed E-state index contributed by atoms with van der Waals surface area (Å²) >= 11 is 1.85. The van der Waals surface area contributed by atoms with E-state index in [9.17, 15) is 0 Å². The minimum absolute atomic E-state index is 0.878. The van der Waals surface area contributed by atoms with Crippen LogP contribution in [0, 0.1) is 0 Å². The van der Waals surface area contributed by atoms with E-state index in [1.807, 2.05) is 17.4 Å². The van der Waals surface area contributed by atoms with Gasteiger partial charge in [-0.15, -0.1) is 11.3 Å². The summed E-state index contributed by atoms with van der Waals surface area (Å²) in [6.07, 6.45) is 0. The van der Waals surface area contributed by atoms with Gasteiger partial charge in [-0.25, -0.2) is 0 Å². The molecule has 0 radical (unpaired) electrons. The lowest BCUT2D eigenvalue weighted by molar-refractivity contribution is 0.670. The van der Waals surface area contributed by atoms with Crippen molar-refractivity contribution >= 4 is 81.3 Å². The zero-order valence-corrected chi connectivity index (χ0v) is 30.6. The summed E-state index contributed by atoms with van der Waals surface area (Å²) in [6.45, 7) is 0. The second kappa shape index (κ2) is 12.9. The highest BCUT2D eigenvalue weighted by Crippen LogP contribution is 2.47. The number of para-hydroxylation sites is 1. The third-order valence-electron chi connectivity index (χ3n) is 10.9. The largest absolute Gasteiger partial charge is 0.455 e. The molecule has 11 aromatic rings. The maximum Gasteiger partial charge on any atom is 0.145 e. The quantitative estimate of drug-likeness (QED) is 0.170. The molecule has 0 amide bonds. The SMILES string of the molecule is c1ccc(-c2cccc3ccc(-c4ccc(N(c5ccc6c(c5)sc5ccccc56)c5ccc(-c6ccccc6)c6oc7ccccc7c56)cc4)cc23)cc1. The van der Waals surface area contributed by atoms with Crippen LogP contribution < -0.4 is 4.90 Å². The van der Waals surface area contributed by atoms with Gasteiger partial charge in [0, 0.05) is 42.5 Å². The molecule has 0 spiro atoms. The van der Waals surface area contributed by atoms with Crippen molar-refractivity contribution in [2.75, 3.05) is 4.90 Å². The van der Waals surface area contributed by atoms with Crippen LogP contribution in [0.1, 0.15) is 0 Å². The fourth-order valence-electron chi connectivity index (χ4n) is 8.25. The van der Waals surface area contributed by atoms with Crippen molar-refractivity contribution in [2.45, 2.75) is 0 Å². The molecule has 0 bridgehead atoms. The molecular formula is C52H33NOS. The van der Waals surface area contributed by atoms with E-state index in [0.29, 0.717) is 0 Å². The standard InChI is InChI=1S/C52H33NOS/c1-3-12-35(13-4-1)41-19-11-16-37-22-23-38(32-46(37)41)34-24-26-39(27-25-34)53(40-28-29-44-43-17-8-10-21-49(43)55-50(44)33-40)47-31-30-42(36-14-5-2-6-15-36)52-51(47)45-18-7-9-20-48(45)54-52/h1-33H. The van der Waals surface area contributed by atoms with Gasteiger partial charge in [-0.1, -0.05) is 146 Å². The first-order valence-corrected chi connectivity index (χ1v) is 19.5. The Bertz CT molecular complexity index is 3190. The van der Waals surface area contributed by atoms with Gasteiger partial charge in [0.1, 0.15) is 11.2 Å². The highest BCUT2D eigenvalue weighted by atomic mass is 32.1. The van der Waals surface area contributed by atoms with Crippen molar-refractivity contribution in [1.29, 1.82) is 0 Å². The van der Waals surface area contributed by atoms with Crippen molar-refractivity contribution in [3.05, 3.63) is 200 Å². The summed E-state index contributed by atoms with van der Waals surface area (Å²) < 4.78 is 9.30. The van der Waals surface area contributed by atoms with E-state index in [2.05, 4.69) is 199 Å². The molecule has 0 aliphatic carbocycles. The number of anilines is 3. The molecule has 0 aliphatic heterocycles. The van der Waals surface area contributed by atoms with E-state index in [4.69, 9.17) is 4.42 Å². The minimum Gasteiger partial charge on any atom is -0.455 e. The maximum absolute atomic E-state index is 6.74. The molecule has 0 aliphatic rings. The summed E-state index contributed by atoms with van der Waals surface area (Å²) in [5.41, 5.74) is 12.1. The zero-order valence-electron chi connectivity index (χ0n) is 29.8. The number of benzene rings is 9. The first-order valence-electron chi connectivity index (χ1n) is 18.7. The Balaban J connectivity index is 1.10. The van der Waals surface area contributed by atoms with Gasteiger partial charge in [0.05, 0.1) is 11.1 Å². The summed E-state index contributed by atoms with van der Waals surface area (Å²) in [5, 5.41) is 7.26. The van der Waals surface area contributed by atoms with Crippen molar-refractivity contribution < 1.29 is 4.42 Å². The van der Waals surface area contributed by atoms with E-state index >= 15 is 0 Å². The molecule has 9 aromatic carbocycles. The highest BCUT2D eigenvalue weighted by molar-refractivity contribution is 7.25. The highest BCUT2D eigenvalue weighted by Gasteiger charge is 2.23. The number of nitrogens with zero attached hydrogens (tertiary/aromatic N) is 1. The fourth-order valence-corrected chi connectivity index (χ4v) is 9.39. The molecule has 2 nitrogen and oxygen atoms in total. The van der Waals surface area contributed by atoms with Crippen LogP contribution in [0.2, 0.25) is 0 Å². The Kier molecular flexibility index (Phi) is 7.39. The number of fused-ring (bicyclic) bond motifs is 7. The average molecular weight is 720 g/mol. The fraction of sp³-hybridized carbons (Fsp3) is 0. The summed E-state index contributed by atoms with van der Waals surface area (Å²) in [6, 6.07) is 72.1. The van der Waals surface area contributed by atoms with Crippen molar-refractivity contribution in [1.82, 2.24) is 0 Å². The molecule has 0 saturated heterocycles. The smallest absolute Gasteiger partial charge is 0.145 e. The monoisotopic (exact) mass is 719 g/mol. The van der Waals surface area contributed by atoms with E-state index in [-0.39, 0.29) is 0 Å². The molecule has 2 heterocycles. The third kappa shape index (κ3) is 5.32. The number of hydrogen-bond donors (Lipinski definition) is 0. The van der Waals surface area contributed by atoms with Crippen LogP contribution in [0.25, 0.3) is 86.3 Å². The average Bonchev–Trinajstić information content (AvgIpc) is 3.83. The Morgan fingerprint density at radius 2 is 1.05 bits per heavy atom. The predicted molar refractivity (Wildman–Crippen MR) is 235 cm³/mol. The number of thiophene rings is 1. The Labute approximate surface area is 322 Å². The van der Waals surface area contributed by atoms with Crippen LogP contribution in [-0.2, 0) is 0 Å². The van der Waals surface area contributed by atoms with Gasteiger partial charge in [0.2, 0.25) is 0 Å². The Hall–Kier alpha value is -6.94. The molecule has 0 atom stereocenters. The first kappa shape index (κ1) is 31.6. The van der Waals surface area contributed by atoms with Crippen LogP contribution in [0.3, 0.4) is 0 Å². The Morgan fingerprint density at radius 1 is 0.382 bits per heavy atom. The number of furan rings is 1. The van der Waals surface area contributed by atoms with E-state index in [1.165, 1.54) is 53.2 Å². The van der Waals surface area contributed by atoms with Crippen molar-refractivity contribution in [3.63, 3.8) is 0 Å². The summed E-state index contributed by atoms with van der Waals surface area (Å²) in [5.74, 6) is 0. The molecule has 0 unspecified atom stereocenters. The van der Waals surface area contributed by atoms with Gasteiger partial charge in [-0.05, 0) is 93.2 Å². The van der Waals surface area contributed by atoms with Crippen LogP contribution in [0.4, 0.5) is 17.1 Å². The van der Waals surface area contributed by atoms with Crippen molar-refractivity contribution in [3.8, 4) is 33.4 Å². The summed E-state index contributed by atoms with van der Waals surface area (Å²) in [4.78, 5) is 2.40. The van der Waals surface area contributed by atoms with E-state index in [1.54, 1.807) is 0 Å². The zero-order chi connectivity index (χ0) is 36.3. The number of rotatable bonds is 6. The number of hydrogen-bond acceptors (Lipinski definition) is 3.